The van der Waals surface area contributed by atoms with Crippen molar-refractivity contribution in [2.45, 2.75) is 25.3 Å². The van der Waals surface area contributed by atoms with Gasteiger partial charge in [-0.25, -0.2) is 0 Å². The number of carbonyl (C=O) groups excluding carboxylic acids is 2. The van der Waals surface area contributed by atoms with Gasteiger partial charge in [0.05, 0.1) is 11.6 Å². The molecule has 1 unspecified atom stereocenters. The number of benzene rings is 1. The van der Waals surface area contributed by atoms with Crippen LogP contribution in [0, 0.1) is 17.2 Å². The Morgan fingerprint density at radius 1 is 1.19 bits per heavy atom. The van der Waals surface area contributed by atoms with Gasteiger partial charge in [0.25, 0.3) is 0 Å². The van der Waals surface area contributed by atoms with E-state index in [0.717, 1.165) is 31.5 Å². The van der Waals surface area contributed by atoms with Gasteiger partial charge in [-0.05, 0) is 43.5 Å². The van der Waals surface area contributed by atoms with Crippen LogP contribution in [0.25, 0.3) is 0 Å². The van der Waals surface area contributed by atoms with Gasteiger partial charge in [-0.3, -0.25) is 9.59 Å². The molecule has 2 amide bonds. The number of carbonyl (C=O) groups is 2. The molecular formula is C20H24N4O2. The van der Waals surface area contributed by atoms with E-state index in [-0.39, 0.29) is 23.8 Å². The number of hydrogen-bond donors (Lipinski definition) is 1. The Hall–Kier alpha value is -2.81. The number of rotatable bonds is 4. The van der Waals surface area contributed by atoms with Crippen molar-refractivity contribution in [3.63, 3.8) is 0 Å². The van der Waals surface area contributed by atoms with E-state index in [1.165, 1.54) is 6.08 Å². The molecule has 1 atom stereocenters. The zero-order chi connectivity index (χ0) is 18.5. The molecule has 1 N–H and O–H groups in total. The Morgan fingerprint density at radius 3 is 2.62 bits per heavy atom. The first kappa shape index (κ1) is 18.0. The van der Waals surface area contributed by atoms with Crippen LogP contribution >= 0.6 is 0 Å². The Bertz CT molecular complexity index is 732. The predicted octanol–water partition coefficient (Wildman–Crippen LogP) is 2.00. The van der Waals surface area contributed by atoms with Crippen molar-refractivity contribution < 1.29 is 9.59 Å². The van der Waals surface area contributed by atoms with E-state index in [1.807, 2.05) is 23.1 Å². The maximum Gasteiger partial charge on any atom is 0.245 e. The predicted molar refractivity (Wildman–Crippen MR) is 99.3 cm³/mol. The highest BCUT2D eigenvalue weighted by molar-refractivity contribution is 5.87. The highest BCUT2D eigenvalue weighted by atomic mass is 16.2. The van der Waals surface area contributed by atoms with Gasteiger partial charge in [0.2, 0.25) is 11.8 Å². The summed E-state index contributed by atoms with van der Waals surface area (Å²) in [5, 5.41) is 12.4. The van der Waals surface area contributed by atoms with Crippen molar-refractivity contribution in [3.8, 4) is 6.07 Å². The van der Waals surface area contributed by atoms with Crippen molar-refractivity contribution in [1.82, 2.24) is 9.80 Å². The molecule has 0 aliphatic carbocycles. The average Bonchev–Trinajstić information content (AvgIpc) is 3.15. The minimum Gasteiger partial charge on any atom is -0.380 e. The van der Waals surface area contributed by atoms with E-state index in [2.05, 4.69) is 18.0 Å². The molecule has 2 aliphatic heterocycles. The Kier molecular flexibility index (Phi) is 5.57. The lowest BCUT2D eigenvalue weighted by Gasteiger charge is -2.32. The largest absolute Gasteiger partial charge is 0.380 e. The summed E-state index contributed by atoms with van der Waals surface area (Å²) in [5.41, 5.74) is 1.54. The van der Waals surface area contributed by atoms with Gasteiger partial charge < -0.3 is 15.1 Å². The van der Waals surface area contributed by atoms with E-state index in [9.17, 15) is 9.59 Å². The second-order valence-electron chi connectivity index (χ2n) is 6.91. The quantitative estimate of drug-likeness (QED) is 0.841. The number of nitrogens with one attached hydrogen (secondary N) is 1. The molecule has 2 saturated heterocycles. The average molecular weight is 352 g/mol. The van der Waals surface area contributed by atoms with Crippen LogP contribution in [0.1, 0.15) is 24.8 Å². The standard InChI is InChI=1S/C20H24N4O2/c1-2-19(25)23-9-6-16(7-10-23)20(26)24-11-8-18(14-24)22-17-5-3-4-15(12-17)13-21/h2-5,12,16,18,22H,1,6-11,14H2. The molecule has 0 aromatic heterocycles. The van der Waals surface area contributed by atoms with Crippen LogP contribution in [0.5, 0.6) is 0 Å². The highest BCUT2D eigenvalue weighted by Gasteiger charge is 2.33. The molecule has 0 bridgehead atoms. The molecule has 0 radical (unpaired) electrons. The fraction of sp³-hybridized carbons (Fsp3) is 0.450. The molecule has 2 heterocycles. The maximum absolute atomic E-state index is 12.8. The molecule has 1 aromatic rings. The fourth-order valence-electron chi connectivity index (χ4n) is 3.73. The van der Waals surface area contributed by atoms with Gasteiger partial charge in [-0.15, -0.1) is 0 Å². The van der Waals surface area contributed by atoms with Crippen LogP contribution in [-0.4, -0.2) is 53.8 Å². The number of anilines is 1. The lowest BCUT2D eigenvalue weighted by atomic mass is 9.95. The lowest BCUT2D eigenvalue weighted by molar-refractivity contribution is -0.138. The van der Waals surface area contributed by atoms with Gasteiger partial charge in [0, 0.05) is 43.8 Å². The van der Waals surface area contributed by atoms with Crippen molar-refractivity contribution in [2.75, 3.05) is 31.5 Å². The molecule has 6 nitrogen and oxygen atoms in total. The summed E-state index contributed by atoms with van der Waals surface area (Å²) in [6, 6.07) is 9.75. The van der Waals surface area contributed by atoms with Gasteiger partial charge >= 0.3 is 0 Å². The topological polar surface area (TPSA) is 76.4 Å². The molecule has 2 fully saturated rings. The molecule has 1 aromatic carbocycles. The number of nitriles is 1. The van der Waals surface area contributed by atoms with Crippen molar-refractivity contribution in [3.05, 3.63) is 42.5 Å². The summed E-state index contributed by atoms with van der Waals surface area (Å²) >= 11 is 0. The van der Waals surface area contributed by atoms with Crippen molar-refractivity contribution >= 4 is 17.5 Å². The molecule has 6 heteroatoms. The molecule has 136 valence electrons. The van der Waals surface area contributed by atoms with E-state index in [4.69, 9.17) is 5.26 Å². The summed E-state index contributed by atoms with van der Waals surface area (Å²) < 4.78 is 0. The summed E-state index contributed by atoms with van der Waals surface area (Å²) in [4.78, 5) is 28.1. The Balaban J connectivity index is 1.51. The third kappa shape index (κ3) is 4.05. The minimum absolute atomic E-state index is 0.00420. The van der Waals surface area contributed by atoms with Crippen LogP contribution in [0.4, 0.5) is 5.69 Å². The van der Waals surface area contributed by atoms with Crippen molar-refractivity contribution in [1.29, 1.82) is 5.26 Å². The van der Waals surface area contributed by atoms with Gasteiger partial charge in [0.15, 0.2) is 0 Å². The highest BCUT2D eigenvalue weighted by Crippen LogP contribution is 2.23. The SMILES string of the molecule is C=CC(=O)N1CCC(C(=O)N2CCC(Nc3cccc(C#N)c3)C2)CC1. The zero-order valence-electron chi connectivity index (χ0n) is 14.9. The van der Waals surface area contributed by atoms with Gasteiger partial charge in [-0.2, -0.15) is 5.26 Å². The first-order chi connectivity index (χ1) is 12.6. The smallest absolute Gasteiger partial charge is 0.245 e. The van der Waals surface area contributed by atoms with E-state index in [1.54, 1.807) is 11.0 Å². The van der Waals surface area contributed by atoms with E-state index >= 15 is 0 Å². The van der Waals surface area contributed by atoms with Crippen LogP contribution in [0.15, 0.2) is 36.9 Å². The third-order valence-corrected chi connectivity index (χ3v) is 5.19. The second-order valence-corrected chi connectivity index (χ2v) is 6.91. The van der Waals surface area contributed by atoms with Gasteiger partial charge in [0.1, 0.15) is 0 Å². The minimum atomic E-state index is -0.0547. The second kappa shape index (κ2) is 8.05. The zero-order valence-corrected chi connectivity index (χ0v) is 14.9. The normalized spacial score (nSPS) is 20.5. The summed E-state index contributed by atoms with van der Waals surface area (Å²) in [6.07, 6.45) is 3.67. The summed E-state index contributed by atoms with van der Waals surface area (Å²) in [7, 11) is 0. The lowest BCUT2D eigenvalue weighted by Crippen LogP contribution is -2.43. The molecule has 0 spiro atoms. The van der Waals surface area contributed by atoms with Gasteiger partial charge in [-0.1, -0.05) is 12.6 Å². The summed E-state index contributed by atoms with van der Waals surface area (Å²) in [6.45, 7) is 6.19. The van der Waals surface area contributed by atoms with Crippen molar-refractivity contribution in [2.24, 2.45) is 5.92 Å². The fourth-order valence-corrected chi connectivity index (χ4v) is 3.73. The number of nitrogens with zero attached hydrogens (tertiary/aromatic N) is 3. The van der Waals surface area contributed by atoms with Crippen LogP contribution in [-0.2, 0) is 9.59 Å². The molecule has 26 heavy (non-hydrogen) atoms. The number of hydrogen-bond acceptors (Lipinski definition) is 4. The van der Waals surface area contributed by atoms with E-state index < -0.39 is 0 Å². The maximum atomic E-state index is 12.8. The van der Waals surface area contributed by atoms with E-state index in [0.29, 0.717) is 25.2 Å². The Morgan fingerprint density at radius 2 is 1.92 bits per heavy atom. The first-order valence-electron chi connectivity index (χ1n) is 9.07. The molecule has 0 saturated carbocycles. The van der Waals surface area contributed by atoms with Crippen LogP contribution < -0.4 is 5.32 Å². The molecule has 3 rings (SSSR count). The number of likely N-dealkylation sites (tertiary alicyclic amines) is 2. The monoisotopic (exact) mass is 352 g/mol. The number of amides is 2. The molecular weight excluding hydrogens is 328 g/mol. The Labute approximate surface area is 154 Å². The van der Waals surface area contributed by atoms with Crippen LogP contribution in [0.3, 0.4) is 0 Å². The third-order valence-electron chi connectivity index (χ3n) is 5.19. The molecule has 2 aliphatic rings. The number of piperidine rings is 1. The van der Waals surface area contributed by atoms with Crippen LogP contribution in [0.2, 0.25) is 0 Å². The summed E-state index contributed by atoms with van der Waals surface area (Å²) in [5.74, 6) is 0.149. The first-order valence-corrected chi connectivity index (χ1v) is 9.07.